The topological polar surface area (TPSA) is 75.1 Å². The summed E-state index contributed by atoms with van der Waals surface area (Å²) in [6, 6.07) is 10.9. The van der Waals surface area contributed by atoms with Crippen LogP contribution in [0.2, 0.25) is 5.15 Å². The summed E-state index contributed by atoms with van der Waals surface area (Å²) in [7, 11) is 0. The Morgan fingerprint density at radius 2 is 1.78 bits per heavy atom. The third kappa shape index (κ3) is 5.84. The van der Waals surface area contributed by atoms with Crippen LogP contribution >= 0.6 is 11.6 Å². The lowest BCUT2D eigenvalue weighted by Gasteiger charge is -2.29. The van der Waals surface area contributed by atoms with E-state index in [0.29, 0.717) is 17.7 Å². The Morgan fingerprint density at radius 1 is 1.06 bits per heavy atom. The Hall–Kier alpha value is -2.64. The van der Waals surface area contributed by atoms with Gasteiger partial charge in [-0.05, 0) is 94.8 Å². The van der Waals surface area contributed by atoms with Crippen LogP contribution in [0, 0.1) is 19.8 Å². The molecule has 3 heterocycles. The second-order valence-electron chi connectivity index (χ2n) is 10.4. The highest BCUT2D eigenvalue weighted by atomic mass is 35.5. The number of fused-ring (bicyclic) bond motifs is 1. The van der Waals surface area contributed by atoms with Crippen LogP contribution in [0.15, 0.2) is 30.3 Å². The fourth-order valence-corrected chi connectivity index (χ4v) is 5.86. The van der Waals surface area contributed by atoms with Gasteiger partial charge in [0.1, 0.15) is 16.5 Å². The van der Waals surface area contributed by atoms with E-state index in [1.165, 1.54) is 31.5 Å². The average Bonchev–Trinajstić information content (AvgIpc) is 3.49. The molecule has 2 fully saturated rings. The van der Waals surface area contributed by atoms with Crippen molar-refractivity contribution < 1.29 is 4.79 Å². The first-order chi connectivity index (χ1) is 17.5. The first-order valence-corrected chi connectivity index (χ1v) is 13.7. The summed E-state index contributed by atoms with van der Waals surface area (Å²) in [4.78, 5) is 24.2. The second-order valence-corrected chi connectivity index (χ2v) is 10.8. The molecule has 1 amide bonds. The standard InChI is InChI=1S/C28H37ClN6O/c1-19-17-25(29)33-27-26(19)31-20(2)35(27)18-21-5-9-23(10-6-21)32-24-11-7-22(8-12-24)28(36)30-13-16-34-14-3-4-15-34/h5-6,9-10,17,22,24,32H,3-4,7-8,11-16,18H2,1-2H3,(H,30,36). The molecule has 2 N–H and O–H groups in total. The maximum atomic E-state index is 12.6. The van der Waals surface area contributed by atoms with Gasteiger partial charge in [-0.2, -0.15) is 0 Å². The van der Waals surface area contributed by atoms with Gasteiger partial charge < -0.3 is 20.1 Å². The minimum Gasteiger partial charge on any atom is -0.382 e. The van der Waals surface area contributed by atoms with Crippen LogP contribution in [0.1, 0.15) is 55.5 Å². The maximum absolute atomic E-state index is 12.6. The molecule has 1 aliphatic carbocycles. The van der Waals surface area contributed by atoms with Crippen LogP contribution in [-0.2, 0) is 11.3 Å². The summed E-state index contributed by atoms with van der Waals surface area (Å²) in [5, 5.41) is 7.34. The number of aromatic nitrogens is 3. The normalized spacial score (nSPS) is 20.6. The van der Waals surface area contributed by atoms with E-state index in [1.54, 1.807) is 0 Å². The molecule has 1 saturated carbocycles. The number of nitrogens with one attached hydrogen (secondary N) is 2. The number of halogens is 1. The molecule has 192 valence electrons. The molecule has 1 saturated heterocycles. The lowest BCUT2D eigenvalue weighted by atomic mass is 9.85. The molecule has 7 nitrogen and oxygen atoms in total. The number of carbonyl (C=O) groups is 1. The minimum absolute atomic E-state index is 0.156. The van der Waals surface area contributed by atoms with Gasteiger partial charge in [-0.1, -0.05) is 23.7 Å². The Bertz CT molecular complexity index is 1190. The lowest BCUT2D eigenvalue weighted by molar-refractivity contribution is -0.126. The number of benzene rings is 1. The zero-order valence-electron chi connectivity index (χ0n) is 21.4. The summed E-state index contributed by atoms with van der Waals surface area (Å²) in [5.74, 6) is 1.33. The number of anilines is 1. The number of hydrogen-bond acceptors (Lipinski definition) is 5. The molecule has 36 heavy (non-hydrogen) atoms. The first-order valence-electron chi connectivity index (χ1n) is 13.3. The minimum atomic E-state index is 0.156. The van der Waals surface area contributed by atoms with Gasteiger partial charge in [0.05, 0.1) is 6.54 Å². The molecule has 2 aliphatic rings. The zero-order chi connectivity index (χ0) is 25.1. The van der Waals surface area contributed by atoms with Crippen molar-refractivity contribution in [2.75, 3.05) is 31.5 Å². The van der Waals surface area contributed by atoms with Crippen LogP contribution in [0.5, 0.6) is 0 Å². The number of rotatable bonds is 8. The van der Waals surface area contributed by atoms with Crippen LogP contribution in [0.3, 0.4) is 0 Å². The van der Waals surface area contributed by atoms with E-state index < -0.39 is 0 Å². The van der Waals surface area contributed by atoms with Crippen LogP contribution in [-0.4, -0.2) is 57.6 Å². The quantitative estimate of drug-likeness (QED) is 0.422. The van der Waals surface area contributed by atoms with Gasteiger partial charge in [0.15, 0.2) is 5.65 Å². The van der Waals surface area contributed by atoms with Crippen molar-refractivity contribution in [3.8, 4) is 0 Å². The third-order valence-electron chi connectivity index (χ3n) is 7.74. The average molecular weight is 509 g/mol. The van der Waals surface area contributed by atoms with Crippen LogP contribution in [0.25, 0.3) is 11.2 Å². The highest BCUT2D eigenvalue weighted by Gasteiger charge is 2.26. The molecule has 3 aromatic rings. The number of aryl methyl sites for hydroxylation is 2. The van der Waals surface area contributed by atoms with E-state index in [4.69, 9.17) is 16.6 Å². The van der Waals surface area contributed by atoms with Crippen molar-refractivity contribution in [3.05, 3.63) is 52.4 Å². The summed E-state index contributed by atoms with van der Waals surface area (Å²) in [5.41, 5.74) is 5.10. The van der Waals surface area contributed by atoms with Crippen molar-refractivity contribution in [2.24, 2.45) is 5.92 Å². The third-order valence-corrected chi connectivity index (χ3v) is 7.94. The van der Waals surface area contributed by atoms with Crippen molar-refractivity contribution in [1.29, 1.82) is 0 Å². The molecule has 0 radical (unpaired) electrons. The van der Waals surface area contributed by atoms with Crippen molar-refractivity contribution >= 4 is 34.4 Å². The van der Waals surface area contributed by atoms with E-state index >= 15 is 0 Å². The number of likely N-dealkylation sites (tertiary alicyclic amines) is 1. The molecule has 2 aromatic heterocycles. The van der Waals surface area contributed by atoms with Gasteiger partial charge in [-0.3, -0.25) is 4.79 Å². The number of amides is 1. The molecule has 1 aromatic carbocycles. The highest BCUT2D eigenvalue weighted by molar-refractivity contribution is 6.29. The van der Waals surface area contributed by atoms with E-state index in [-0.39, 0.29) is 11.8 Å². The van der Waals surface area contributed by atoms with Gasteiger partial charge in [0, 0.05) is 30.7 Å². The Balaban J connectivity index is 1.10. The van der Waals surface area contributed by atoms with Gasteiger partial charge in [-0.15, -0.1) is 0 Å². The summed E-state index contributed by atoms with van der Waals surface area (Å²) < 4.78 is 2.12. The number of imidazole rings is 1. The molecule has 1 aliphatic heterocycles. The summed E-state index contributed by atoms with van der Waals surface area (Å²) in [6.45, 7) is 8.85. The first kappa shape index (κ1) is 25.0. The predicted molar refractivity (Wildman–Crippen MR) is 146 cm³/mol. The molecule has 0 atom stereocenters. The number of nitrogens with zero attached hydrogens (tertiary/aromatic N) is 4. The monoisotopic (exact) mass is 508 g/mol. The number of pyridine rings is 1. The smallest absolute Gasteiger partial charge is 0.223 e. The van der Waals surface area contributed by atoms with Gasteiger partial charge in [0.25, 0.3) is 0 Å². The van der Waals surface area contributed by atoms with Gasteiger partial charge in [0.2, 0.25) is 5.91 Å². The van der Waals surface area contributed by atoms with E-state index in [9.17, 15) is 4.79 Å². The van der Waals surface area contributed by atoms with Gasteiger partial charge in [-0.25, -0.2) is 9.97 Å². The Labute approximate surface area is 218 Å². The SMILES string of the molecule is Cc1cc(Cl)nc2c1nc(C)n2Cc1ccc(NC2CCC(C(=O)NCCN3CCCC3)CC2)cc1. The van der Waals surface area contributed by atoms with Crippen molar-refractivity contribution in [2.45, 2.75) is 65.0 Å². The zero-order valence-corrected chi connectivity index (χ0v) is 22.2. The predicted octanol–water partition coefficient (Wildman–Crippen LogP) is 4.93. The number of hydrogen-bond donors (Lipinski definition) is 2. The van der Waals surface area contributed by atoms with E-state index in [2.05, 4.69) is 49.4 Å². The molecular formula is C28H37ClN6O. The molecule has 0 bridgehead atoms. The van der Waals surface area contributed by atoms with Crippen molar-refractivity contribution in [3.63, 3.8) is 0 Å². The Kier molecular flexibility index (Phi) is 7.77. The summed E-state index contributed by atoms with van der Waals surface area (Å²) >= 11 is 6.21. The lowest BCUT2D eigenvalue weighted by Crippen LogP contribution is -2.39. The van der Waals surface area contributed by atoms with E-state index in [1.807, 2.05) is 19.9 Å². The second kappa shape index (κ2) is 11.2. The van der Waals surface area contributed by atoms with Crippen LogP contribution < -0.4 is 10.6 Å². The molecule has 5 rings (SSSR count). The van der Waals surface area contributed by atoms with Gasteiger partial charge >= 0.3 is 0 Å². The fourth-order valence-electron chi connectivity index (χ4n) is 5.61. The molecule has 8 heteroatoms. The highest BCUT2D eigenvalue weighted by Crippen LogP contribution is 2.27. The summed E-state index contributed by atoms with van der Waals surface area (Å²) in [6.07, 6.45) is 6.54. The van der Waals surface area contributed by atoms with Crippen molar-refractivity contribution in [1.82, 2.24) is 24.8 Å². The molecule has 0 spiro atoms. The molecule has 0 unspecified atom stereocenters. The Morgan fingerprint density at radius 3 is 2.50 bits per heavy atom. The van der Waals surface area contributed by atoms with E-state index in [0.717, 1.165) is 67.0 Å². The maximum Gasteiger partial charge on any atom is 0.223 e. The fraction of sp³-hybridized carbons (Fsp3) is 0.536. The largest absolute Gasteiger partial charge is 0.382 e. The molecular weight excluding hydrogens is 472 g/mol. The van der Waals surface area contributed by atoms with Crippen LogP contribution in [0.4, 0.5) is 5.69 Å². The number of carbonyl (C=O) groups excluding carboxylic acids is 1.